The van der Waals surface area contributed by atoms with Crippen molar-refractivity contribution in [2.75, 3.05) is 0 Å². The summed E-state index contributed by atoms with van der Waals surface area (Å²) < 4.78 is 4.08. The average molecular weight is 255 g/mol. The molecule has 0 bridgehead atoms. The molecule has 3 aromatic rings. The molecular weight excluding hydrogens is 238 g/mol. The summed E-state index contributed by atoms with van der Waals surface area (Å²) in [6.07, 6.45) is 6.69. The zero-order valence-electron chi connectivity index (χ0n) is 11.0. The van der Waals surface area contributed by atoms with E-state index >= 15 is 0 Å². The zero-order chi connectivity index (χ0) is 13.2. The van der Waals surface area contributed by atoms with Gasteiger partial charge in [0.05, 0.1) is 0 Å². The van der Waals surface area contributed by atoms with Gasteiger partial charge in [0.2, 0.25) is 0 Å². The molecule has 0 amide bonds. The zero-order valence-corrected chi connectivity index (χ0v) is 11.0. The topological polar surface area (TPSA) is 61.7 Å². The Morgan fingerprint density at radius 3 is 2.89 bits per heavy atom. The second-order valence-electron chi connectivity index (χ2n) is 4.62. The van der Waals surface area contributed by atoms with Crippen LogP contribution in [-0.2, 0) is 26.6 Å². The lowest BCUT2D eigenvalue weighted by atomic mass is 10.2. The van der Waals surface area contributed by atoms with Crippen LogP contribution in [0, 0.1) is 0 Å². The predicted octanol–water partition coefficient (Wildman–Crippen LogP) is 1.47. The molecule has 3 heterocycles. The van der Waals surface area contributed by atoms with Gasteiger partial charge in [-0.1, -0.05) is 0 Å². The van der Waals surface area contributed by atoms with E-state index in [0.717, 1.165) is 29.6 Å². The molecule has 0 saturated heterocycles. The first-order valence-electron chi connectivity index (χ1n) is 6.39. The van der Waals surface area contributed by atoms with Crippen LogP contribution in [0.2, 0.25) is 0 Å². The molecule has 0 aromatic carbocycles. The van der Waals surface area contributed by atoms with Crippen molar-refractivity contribution >= 4 is 11.0 Å². The molecule has 19 heavy (non-hydrogen) atoms. The Morgan fingerprint density at radius 2 is 2.16 bits per heavy atom. The fourth-order valence-corrected chi connectivity index (χ4v) is 2.41. The van der Waals surface area contributed by atoms with Crippen LogP contribution in [0.3, 0.4) is 0 Å². The van der Waals surface area contributed by atoms with Crippen molar-refractivity contribution in [3.8, 4) is 0 Å². The maximum Gasteiger partial charge on any atom is 0.140 e. The van der Waals surface area contributed by atoms with Crippen LogP contribution in [-0.4, -0.2) is 19.3 Å². The summed E-state index contributed by atoms with van der Waals surface area (Å²) >= 11 is 0. The van der Waals surface area contributed by atoms with E-state index in [0.29, 0.717) is 6.54 Å². The number of hydrogen-bond acceptors (Lipinski definition) is 3. The van der Waals surface area contributed by atoms with E-state index in [2.05, 4.69) is 26.9 Å². The Hall–Kier alpha value is -2.14. The smallest absolute Gasteiger partial charge is 0.140 e. The SMILES string of the molecule is Cn1nccc1CCn1cc(CN)c2cccnc21. The maximum absolute atomic E-state index is 5.79. The molecule has 5 nitrogen and oxygen atoms in total. The van der Waals surface area contributed by atoms with Crippen LogP contribution in [0.25, 0.3) is 11.0 Å². The molecule has 0 aliphatic heterocycles. The Labute approximate surface area is 111 Å². The molecule has 0 unspecified atom stereocenters. The van der Waals surface area contributed by atoms with Crippen molar-refractivity contribution in [3.63, 3.8) is 0 Å². The van der Waals surface area contributed by atoms with E-state index in [-0.39, 0.29) is 0 Å². The van der Waals surface area contributed by atoms with Crippen molar-refractivity contribution in [2.24, 2.45) is 12.8 Å². The van der Waals surface area contributed by atoms with Crippen LogP contribution in [0.1, 0.15) is 11.3 Å². The summed E-state index contributed by atoms with van der Waals surface area (Å²) in [6.45, 7) is 1.42. The fourth-order valence-electron chi connectivity index (χ4n) is 2.41. The van der Waals surface area contributed by atoms with Crippen molar-refractivity contribution in [2.45, 2.75) is 19.5 Å². The number of nitrogens with zero attached hydrogens (tertiary/aromatic N) is 4. The molecule has 3 rings (SSSR count). The third kappa shape index (κ3) is 2.13. The lowest BCUT2D eigenvalue weighted by molar-refractivity contribution is 0.645. The Kier molecular flexibility index (Phi) is 3.05. The summed E-state index contributed by atoms with van der Waals surface area (Å²) in [7, 11) is 1.96. The van der Waals surface area contributed by atoms with E-state index in [9.17, 15) is 0 Å². The minimum atomic E-state index is 0.543. The van der Waals surface area contributed by atoms with Gasteiger partial charge in [0.25, 0.3) is 0 Å². The van der Waals surface area contributed by atoms with Crippen molar-refractivity contribution in [1.29, 1.82) is 0 Å². The number of nitrogens with two attached hydrogens (primary N) is 1. The standard InChI is InChI=1S/C14H17N5/c1-18-12(4-7-17-18)5-8-19-10-11(9-15)13-3-2-6-16-14(13)19/h2-4,6-7,10H,5,8-9,15H2,1H3. The highest BCUT2D eigenvalue weighted by atomic mass is 15.3. The summed E-state index contributed by atoms with van der Waals surface area (Å²) in [6, 6.07) is 6.07. The van der Waals surface area contributed by atoms with Gasteiger partial charge in [-0.3, -0.25) is 4.68 Å². The Morgan fingerprint density at radius 1 is 1.26 bits per heavy atom. The number of hydrogen-bond donors (Lipinski definition) is 1. The number of pyridine rings is 1. The highest BCUT2D eigenvalue weighted by molar-refractivity contribution is 5.80. The maximum atomic E-state index is 5.79. The summed E-state index contributed by atoms with van der Waals surface area (Å²) in [5.74, 6) is 0. The molecule has 2 N–H and O–H groups in total. The largest absolute Gasteiger partial charge is 0.332 e. The summed E-state index contributed by atoms with van der Waals surface area (Å²) in [4.78, 5) is 4.46. The van der Waals surface area contributed by atoms with Crippen molar-refractivity contribution in [1.82, 2.24) is 19.3 Å². The first-order chi connectivity index (χ1) is 9.29. The van der Waals surface area contributed by atoms with Gasteiger partial charge >= 0.3 is 0 Å². The second kappa shape index (κ2) is 4.85. The van der Waals surface area contributed by atoms with Crippen LogP contribution >= 0.6 is 0 Å². The average Bonchev–Trinajstić information content (AvgIpc) is 3.00. The number of aryl methyl sites for hydroxylation is 3. The minimum Gasteiger partial charge on any atom is -0.332 e. The minimum absolute atomic E-state index is 0.543. The van der Waals surface area contributed by atoms with Gasteiger partial charge in [-0.15, -0.1) is 0 Å². The molecule has 0 radical (unpaired) electrons. The lowest BCUT2D eigenvalue weighted by Crippen LogP contribution is -2.05. The lowest BCUT2D eigenvalue weighted by Gasteiger charge is -2.05. The summed E-state index contributed by atoms with van der Waals surface area (Å²) in [5, 5.41) is 5.33. The monoisotopic (exact) mass is 255 g/mol. The van der Waals surface area contributed by atoms with Crippen LogP contribution < -0.4 is 5.73 Å². The quantitative estimate of drug-likeness (QED) is 0.768. The Bertz CT molecular complexity index is 695. The first kappa shape index (κ1) is 11.9. The van der Waals surface area contributed by atoms with E-state index in [4.69, 9.17) is 5.73 Å². The first-order valence-corrected chi connectivity index (χ1v) is 6.39. The van der Waals surface area contributed by atoms with Gasteiger partial charge in [0.1, 0.15) is 5.65 Å². The Balaban J connectivity index is 1.91. The third-order valence-corrected chi connectivity index (χ3v) is 3.47. The number of rotatable bonds is 4. The molecular formula is C14H17N5. The highest BCUT2D eigenvalue weighted by Gasteiger charge is 2.08. The van der Waals surface area contributed by atoms with E-state index in [1.807, 2.05) is 36.3 Å². The van der Waals surface area contributed by atoms with Gasteiger partial charge in [-0.2, -0.15) is 5.10 Å². The number of aromatic nitrogens is 4. The molecule has 0 atom stereocenters. The van der Waals surface area contributed by atoms with Crippen LogP contribution in [0.15, 0.2) is 36.8 Å². The molecule has 0 spiro atoms. The van der Waals surface area contributed by atoms with Gasteiger partial charge in [0.15, 0.2) is 0 Å². The molecule has 0 saturated carbocycles. The molecule has 0 fully saturated rings. The third-order valence-electron chi connectivity index (χ3n) is 3.47. The molecule has 3 aromatic heterocycles. The van der Waals surface area contributed by atoms with E-state index in [1.54, 1.807) is 0 Å². The molecule has 5 heteroatoms. The van der Waals surface area contributed by atoms with E-state index in [1.165, 1.54) is 5.69 Å². The van der Waals surface area contributed by atoms with Crippen LogP contribution in [0.5, 0.6) is 0 Å². The fraction of sp³-hybridized carbons (Fsp3) is 0.286. The second-order valence-corrected chi connectivity index (χ2v) is 4.62. The van der Waals surface area contributed by atoms with Crippen LogP contribution in [0.4, 0.5) is 0 Å². The van der Waals surface area contributed by atoms with Gasteiger partial charge < -0.3 is 10.3 Å². The molecule has 0 aliphatic rings. The van der Waals surface area contributed by atoms with Gasteiger partial charge in [0, 0.05) is 56.2 Å². The van der Waals surface area contributed by atoms with Crippen molar-refractivity contribution < 1.29 is 0 Å². The predicted molar refractivity (Wildman–Crippen MR) is 74.5 cm³/mol. The molecule has 0 aliphatic carbocycles. The summed E-state index contributed by atoms with van der Waals surface area (Å²) in [5.41, 5.74) is 9.15. The van der Waals surface area contributed by atoms with E-state index < -0.39 is 0 Å². The molecule has 98 valence electrons. The highest BCUT2D eigenvalue weighted by Crippen LogP contribution is 2.19. The van der Waals surface area contributed by atoms with Gasteiger partial charge in [-0.25, -0.2) is 4.98 Å². The number of fused-ring (bicyclic) bond motifs is 1. The van der Waals surface area contributed by atoms with Gasteiger partial charge in [-0.05, 0) is 23.8 Å². The van der Waals surface area contributed by atoms with Crippen molar-refractivity contribution in [3.05, 3.63) is 48.0 Å². The normalized spacial score (nSPS) is 11.3.